The van der Waals surface area contributed by atoms with Crippen LogP contribution in [0.2, 0.25) is 0 Å². The average molecular weight is 392 g/mol. The summed E-state index contributed by atoms with van der Waals surface area (Å²) in [6, 6.07) is 5.74. The van der Waals surface area contributed by atoms with E-state index in [1.165, 1.54) is 16.6 Å². The molecule has 1 unspecified atom stereocenters. The number of pyridine rings is 2. The van der Waals surface area contributed by atoms with Crippen LogP contribution in [0, 0.1) is 0 Å². The van der Waals surface area contributed by atoms with Crippen molar-refractivity contribution in [3.8, 4) is 0 Å². The Kier molecular flexibility index (Phi) is 6.86. The zero-order chi connectivity index (χ0) is 20.0. The lowest BCUT2D eigenvalue weighted by Crippen LogP contribution is -2.35. The van der Waals surface area contributed by atoms with Crippen LogP contribution in [0.1, 0.15) is 32.4 Å². The fourth-order valence-electron chi connectivity index (χ4n) is 2.66. The maximum absolute atomic E-state index is 12.6. The molecule has 0 saturated heterocycles. The molecule has 27 heavy (non-hydrogen) atoms. The van der Waals surface area contributed by atoms with E-state index in [9.17, 15) is 18.0 Å². The van der Waals surface area contributed by atoms with Gasteiger partial charge in [0.15, 0.2) is 0 Å². The van der Waals surface area contributed by atoms with Gasteiger partial charge in [0.25, 0.3) is 5.56 Å². The van der Waals surface area contributed by atoms with Crippen LogP contribution in [-0.2, 0) is 21.4 Å². The highest BCUT2D eigenvalue weighted by Crippen LogP contribution is 2.14. The number of hydrogen-bond donors (Lipinski definition) is 1. The van der Waals surface area contributed by atoms with Crippen LogP contribution >= 0.6 is 0 Å². The second-order valence-corrected chi connectivity index (χ2v) is 7.93. The Morgan fingerprint density at radius 1 is 1.26 bits per heavy atom. The zero-order valence-corrected chi connectivity index (χ0v) is 16.4. The molecule has 0 aromatic carbocycles. The predicted molar refractivity (Wildman–Crippen MR) is 102 cm³/mol. The number of amides is 1. The molecule has 146 valence electrons. The third kappa shape index (κ3) is 5.01. The summed E-state index contributed by atoms with van der Waals surface area (Å²) in [7, 11) is -3.71. The molecule has 0 radical (unpaired) electrons. The molecule has 0 saturated carbocycles. The van der Waals surface area contributed by atoms with Crippen LogP contribution in [0.15, 0.2) is 52.5 Å². The quantitative estimate of drug-likeness (QED) is 0.726. The van der Waals surface area contributed by atoms with Gasteiger partial charge in [0, 0.05) is 37.7 Å². The van der Waals surface area contributed by atoms with Gasteiger partial charge in [-0.3, -0.25) is 14.6 Å². The highest BCUT2D eigenvalue weighted by atomic mass is 32.2. The van der Waals surface area contributed by atoms with Gasteiger partial charge in [-0.2, -0.15) is 4.31 Å². The first-order valence-corrected chi connectivity index (χ1v) is 10.1. The summed E-state index contributed by atoms with van der Waals surface area (Å²) in [5.74, 6) is -0.397. The fourth-order valence-corrected chi connectivity index (χ4v) is 4.13. The Morgan fingerprint density at radius 3 is 2.56 bits per heavy atom. The summed E-state index contributed by atoms with van der Waals surface area (Å²) in [5.41, 5.74) is 0.383. The molecule has 1 N–H and O–H groups in total. The van der Waals surface area contributed by atoms with E-state index in [0.29, 0.717) is 13.1 Å². The van der Waals surface area contributed by atoms with Gasteiger partial charge in [-0.1, -0.05) is 19.9 Å². The van der Waals surface area contributed by atoms with E-state index in [0.717, 1.165) is 16.2 Å². The predicted octanol–water partition coefficient (Wildman–Crippen LogP) is 1.15. The molecule has 0 bridgehead atoms. The van der Waals surface area contributed by atoms with Crippen molar-refractivity contribution >= 4 is 15.9 Å². The van der Waals surface area contributed by atoms with E-state index < -0.39 is 21.5 Å². The molecule has 0 aliphatic carbocycles. The van der Waals surface area contributed by atoms with E-state index in [1.54, 1.807) is 39.2 Å². The molecule has 9 heteroatoms. The Morgan fingerprint density at radius 2 is 1.96 bits per heavy atom. The number of nitrogens with one attached hydrogen (secondary N) is 1. The van der Waals surface area contributed by atoms with Crippen molar-refractivity contribution in [2.24, 2.45) is 0 Å². The normalized spacial score (nSPS) is 12.7. The molecule has 0 spiro atoms. The molecule has 0 aliphatic heterocycles. The lowest BCUT2D eigenvalue weighted by atomic mass is 10.1. The number of carbonyl (C=O) groups is 1. The van der Waals surface area contributed by atoms with Crippen LogP contribution in [0.3, 0.4) is 0 Å². The van der Waals surface area contributed by atoms with Crippen molar-refractivity contribution in [1.29, 1.82) is 0 Å². The van der Waals surface area contributed by atoms with E-state index >= 15 is 0 Å². The Hall–Kier alpha value is -2.52. The molecule has 8 nitrogen and oxygen atoms in total. The molecule has 2 aromatic rings. The second-order valence-electron chi connectivity index (χ2n) is 6.00. The van der Waals surface area contributed by atoms with Crippen LogP contribution in [0.25, 0.3) is 0 Å². The SMILES string of the molecule is CCN(CC)S(=O)(=O)c1ccc(=O)n(CC(=O)NC(C)c2cccnc2)c1. The van der Waals surface area contributed by atoms with Crippen molar-refractivity contribution < 1.29 is 13.2 Å². The van der Waals surface area contributed by atoms with Crippen LogP contribution in [0.4, 0.5) is 0 Å². The van der Waals surface area contributed by atoms with Gasteiger partial charge in [0.05, 0.1) is 10.9 Å². The number of hydrogen-bond acceptors (Lipinski definition) is 5. The van der Waals surface area contributed by atoms with Crippen molar-refractivity contribution in [3.05, 3.63) is 58.8 Å². The minimum atomic E-state index is -3.71. The smallest absolute Gasteiger partial charge is 0.251 e. The van der Waals surface area contributed by atoms with Crippen molar-refractivity contribution in [3.63, 3.8) is 0 Å². The first kappa shape index (κ1) is 20.8. The summed E-state index contributed by atoms with van der Waals surface area (Å²) in [6.45, 7) is 5.65. The summed E-state index contributed by atoms with van der Waals surface area (Å²) in [6.07, 6.45) is 4.50. The van der Waals surface area contributed by atoms with Gasteiger partial charge >= 0.3 is 0 Å². The van der Waals surface area contributed by atoms with E-state index in [4.69, 9.17) is 0 Å². The highest BCUT2D eigenvalue weighted by Gasteiger charge is 2.22. The van der Waals surface area contributed by atoms with Crippen molar-refractivity contribution in [2.75, 3.05) is 13.1 Å². The minimum Gasteiger partial charge on any atom is -0.348 e. The van der Waals surface area contributed by atoms with Crippen LogP contribution < -0.4 is 10.9 Å². The van der Waals surface area contributed by atoms with Gasteiger partial charge in [0.2, 0.25) is 15.9 Å². The van der Waals surface area contributed by atoms with Crippen molar-refractivity contribution in [2.45, 2.75) is 38.3 Å². The van der Waals surface area contributed by atoms with E-state index in [2.05, 4.69) is 10.3 Å². The highest BCUT2D eigenvalue weighted by molar-refractivity contribution is 7.89. The number of sulfonamides is 1. The van der Waals surface area contributed by atoms with E-state index in [1.807, 2.05) is 6.07 Å². The number of rotatable bonds is 8. The van der Waals surface area contributed by atoms with Gasteiger partial charge in [-0.05, 0) is 24.6 Å². The average Bonchev–Trinajstić information content (AvgIpc) is 2.64. The lowest BCUT2D eigenvalue weighted by Gasteiger charge is -2.19. The Balaban J connectivity index is 2.19. The summed E-state index contributed by atoms with van der Waals surface area (Å²) in [4.78, 5) is 28.4. The van der Waals surface area contributed by atoms with Crippen LogP contribution in [0.5, 0.6) is 0 Å². The monoisotopic (exact) mass is 392 g/mol. The summed E-state index contributed by atoms with van der Waals surface area (Å²) in [5, 5.41) is 2.78. The maximum Gasteiger partial charge on any atom is 0.251 e. The molecular weight excluding hydrogens is 368 g/mol. The second kappa shape index (κ2) is 8.92. The topological polar surface area (TPSA) is 101 Å². The molecule has 1 atom stereocenters. The first-order valence-electron chi connectivity index (χ1n) is 8.69. The zero-order valence-electron chi connectivity index (χ0n) is 15.6. The fraction of sp³-hybridized carbons (Fsp3) is 0.389. The lowest BCUT2D eigenvalue weighted by molar-refractivity contribution is -0.122. The molecule has 0 aliphatic rings. The summed E-state index contributed by atoms with van der Waals surface area (Å²) >= 11 is 0. The third-order valence-electron chi connectivity index (χ3n) is 4.18. The van der Waals surface area contributed by atoms with Gasteiger partial charge < -0.3 is 9.88 Å². The molecule has 1 amide bonds. The van der Waals surface area contributed by atoms with E-state index in [-0.39, 0.29) is 17.5 Å². The standard InChI is InChI=1S/C18H24N4O4S/c1-4-22(5-2)27(25,26)16-8-9-18(24)21(12-16)13-17(23)20-14(3)15-7-6-10-19-11-15/h6-12,14H,4-5,13H2,1-3H3,(H,20,23). The van der Waals surface area contributed by atoms with Crippen LogP contribution in [-0.4, -0.2) is 41.3 Å². The molecule has 2 rings (SSSR count). The first-order chi connectivity index (χ1) is 12.8. The number of carbonyl (C=O) groups excluding carboxylic acids is 1. The molecular formula is C18H24N4O4S. The van der Waals surface area contributed by atoms with Gasteiger partial charge in [0.1, 0.15) is 6.54 Å². The largest absolute Gasteiger partial charge is 0.348 e. The summed E-state index contributed by atoms with van der Waals surface area (Å²) < 4.78 is 27.6. The number of nitrogens with zero attached hydrogens (tertiary/aromatic N) is 3. The Bertz CT molecular complexity index is 937. The molecule has 2 aromatic heterocycles. The van der Waals surface area contributed by atoms with Gasteiger partial charge in [-0.15, -0.1) is 0 Å². The minimum absolute atomic E-state index is 0.0149. The van der Waals surface area contributed by atoms with Gasteiger partial charge in [-0.25, -0.2) is 8.42 Å². The van der Waals surface area contributed by atoms with Crippen molar-refractivity contribution in [1.82, 2.24) is 19.2 Å². The number of aromatic nitrogens is 2. The molecule has 0 fully saturated rings. The Labute approximate surface area is 158 Å². The molecule has 2 heterocycles. The third-order valence-corrected chi connectivity index (χ3v) is 6.21. The maximum atomic E-state index is 12.6.